The lowest BCUT2D eigenvalue weighted by molar-refractivity contribution is -0.142. The third-order valence-electron chi connectivity index (χ3n) is 5.16. The number of hydrogen-bond acceptors (Lipinski definition) is 5. The van der Waals surface area contributed by atoms with E-state index < -0.39 is 10.0 Å². The maximum Gasteiger partial charge on any atom is 0.310 e. The fraction of sp³-hybridized carbons (Fsp3) is 0.391. The molecule has 1 N–H and O–H groups in total. The molecular formula is C23H28N2O5S. The van der Waals surface area contributed by atoms with E-state index in [1.807, 2.05) is 0 Å². The van der Waals surface area contributed by atoms with Crippen molar-refractivity contribution in [1.82, 2.24) is 4.31 Å². The maximum atomic E-state index is 12.6. The standard InChI is InChI=1S/C23H28N2O5S/c1-2-30-23(27)17-19-5-10-20(11-6-19)24-22(26)14-9-18-7-12-21(13-8-18)31(28,29)25-15-3-4-16-25/h5-8,10-13H,2-4,9,14-17H2,1H3,(H,24,26). The van der Waals surface area contributed by atoms with Crippen LogP contribution in [0.25, 0.3) is 0 Å². The highest BCUT2D eigenvalue weighted by atomic mass is 32.2. The first-order chi connectivity index (χ1) is 14.9. The first-order valence-electron chi connectivity index (χ1n) is 10.5. The minimum atomic E-state index is -3.42. The predicted molar refractivity (Wildman–Crippen MR) is 118 cm³/mol. The van der Waals surface area contributed by atoms with Crippen molar-refractivity contribution < 1.29 is 22.7 Å². The highest BCUT2D eigenvalue weighted by Gasteiger charge is 2.26. The van der Waals surface area contributed by atoms with Crippen LogP contribution in [0.5, 0.6) is 0 Å². The van der Waals surface area contributed by atoms with Gasteiger partial charge in [0.2, 0.25) is 15.9 Å². The molecule has 1 saturated heterocycles. The van der Waals surface area contributed by atoms with Gasteiger partial charge in [0, 0.05) is 25.2 Å². The van der Waals surface area contributed by atoms with E-state index in [0.717, 1.165) is 24.0 Å². The van der Waals surface area contributed by atoms with Gasteiger partial charge in [0.1, 0.15) is 0 Å². The molecule has 1 aliphatic heterocycles. The molecule has 0 aromatic heterocycles. The molecule has 1 amide bonds. The second-order valence-corrected chi connectivity index (χ2v) is 9.42. The second kappa shape index (κ2) is 10.5. The van der Waals surface area contributed by atoms with Gasteiger partial charge in [-0.25, -0.2) is 8.42 Å². The monoisotopic (exact) mass is 444 g/mol. The van der Waals surface area contributed by atoms with Gasteiger partial charge in [0.05, 0.1) is 17.9 Å². The largest absolute Gasteiger partial charge is 0.466 e. The number of aryl methyl sites for hydroxylation is 1. The van der Waals surface area contributed by atoms with Gasteiger partial charge in [-0.3, -0.25) is 9.59 Å². The van der Waals surface area contributed by atoms with Crippen molar-refractivity contribution in [1.29, 1.82) is 0 Å². The van der Waals surface area contributed by atoms with Crippen molar-refractivity contribution in [3.63, 3.8) is 0 Å². The molecule has 1 aliphatic rings. The second-order valence-electron chi connectivity index (χ2n) is 7.48. The van der Waals surface area contributed by atoms with E-state index in [1.165, 1.54) is 4.31 Å². The molecule has 2 aromatic carbocycles. The molecule has 0 saturated carbocycles. The lowest BCUT2D eigenvalue weighted by atomic mass is 10.1. The molecule has 2 aromatic rings. The number of amides is 1. The number of carbonyl (C=O) groups is 2. The van der Waals surface area contributed by atoms with Crippen LogP contribution in [0.3, 0.4) is 0 Å². The van der Waals surface area contributed by atoms with Crippen molar-refractivity contribution in [2.45, 2.75) is 43.9 Å². The van der Waals surface area contributed by atoms with Gasteiger partial charge in [0.25, 0.3) is 0 Å². The van der Waals surface area contributed by atoms with Crippen molar-refractivity contribution >= 4 is 27.6 Å². The highest BCUT2D eigenvalue weighted by molar-refractivity contribution is 7.89. The highest BCUT2D eigenvalue weighted by Crippen LogP contribution is 2.21. The quantitative estimate of drug-likeness (QED) is 0.600. The number of carbonyl (C=O) groups excluding carboxylic acids is 2. The van der Waals surface area contributed by atoms with Crippen LogP contribution in [-0.2, 0) is 37.2 Å². The van der Waals surface area contributed by atoms with Crippen LogP contribution < -0.4 is 5.32 Å². The van der Waals surface area contributed by atoms with Crippen LogP contribution in [0.15, 0.2) is 53.4 Å². The van der Waals surface area contributed by atoms with Gasteiger partial charge in [-0.05, 0) is 61.6 Å². The zero-order valence-corrected chi connectivity index (χ0v) is 18.5. The number of sulfonamides is 1. The number of nitrogens with one attached hydrogen (secondary N) is 1. The van der Waals surface area contributed by atoms with E-state index in [2.05, 4.69) is 5.32 Å². The Kier molecular flexibility index (Phi) is 7.81. The third kappa shape index (κ3) is 6.38. The summed E-state index contributed by atoms with van der Waals surface area (Å²) in [5.41, 5.74) is 2.38. The Morgan fingerprint density at radius 2 is 1.58 bits per heavy atom. The van der Waals surface area contributed by atoms with Crippen LogP contribution >= 0.6 is 0 Å². The van der Waals surface area contributed by atoms with E-state index >= 15 is 0 Å². The Labute approximate surface area is 183 Å². The average Bonchev–Trinajstić information content (AvgIpc) is 3.30. The summed E-state index contributed by atoms with van der Waals surface area (Å²) in [5.74, 6) is -0.412. The molecule has 166 valence electrons. The zero-order valence-electron chi connectivity index (χ0n) is 17.7. The number of rotatable bonds is 9. The van der Waals surface area contributed by atoms with Gasteiger partial charge in [0.15, 0.2) is 0 Å². The summed E-state index contributed by atoms with van der Waals surface area (Å²) in [6.07, 6.45) is 2.80. The molecule has 3 rings (SSSR count). The molecule has 0 radical (unpaired) electrons. The SMILES string of the molecule is CCOC(=O)Cc1ccc(NC(=O)CCc2ccc(S(=O)(=O)N3CCCC3)cc2)cc1. The number of esters is 1. The molecule has 0 unspecified atom stereocenters. The van der Waals surface area contributed by atoms with Crippen molar-refractivity contribution in [3.05, 3.63) is 59.7 Å². The van der Waals surface area contributed by atoms with Crippen molar-refractivity contribution in [2.75, 3.05) is 25.0 Å². The molecule has 31 heavy (non-hydrogen) atoms. The van der Waals surface area contributed by atoms with Crippen molar-refractivity contribution in [3.8, 4) is 0 Å². The molecule has 0 bridgehead atoms. The Hall–Kier alpha value is -2.71. The van der Waals surface area contributed by atoms with E-state index in [1.54, 1.807) is 55.5 Å². The van der Waals surface area contributed by atoms with Gasteiger partial charge in [-0.2, -0.15) is 4.31 Å². The van der Waals surface area contributed by atoms with E-state index in [9.17, 15) is 18.0 Å². The zero-order chi connectivity index (χ0) is 22.3. The maximum absolute atomic E-state index is 12.6. The first kappa shape index (κ1) is 23.0. The van der Waals surface area contributed by atoms with Gasteiger partial charge < -0.3 is 10.1 Å². The molecule has 0 spiro atoms. The summed E-state index contributed by atoms with van der Waals surface area (Å²) in [4.78, 5) is 24.1. The Bertz CT molecular complexity index is 995. The Morgan fingerprint density at radius 3 is 2.19 bits per heavy atom. The van der Waals surface area contributed by atoms with Crippen LogP contribution in [0.1, 0.15) is 37.3 Å². The van der Waals surface area contributed by atoms with E-state index in [4.69, 9.17) is 4.74 Å². The lowest BCUT2D eigenvalue weighted by Crippen LogP contribution is -2.27. The van der Waals surface area contributed by atoms with Crippen LogP contribution in [0.4, 0.5) is 5.69 Å². The average molecular weight is 445 g/mol. The fourth-order valence-electron chi connectivity index (χ4n) is 3.47. The first-order valence-corrected chi connectivity index (χ1v) is 12.0. The number of ether oxygens (including phenoxy) is 1. The Morgan fingerprint density at radius 1 is 0.968 bits per heavy atom. The normalized spacial score (nSPS) is 14.4. The smallest absolute Gasteiger partial charge is 0.310 e. The van der Waals surface area contributed by atoms with E-state index in [0.29, 0.717) is 36.7 Å². The summed E-state index contributed by atoms with van der Waals surface area (Å²) >= 11 is 0. The molecule has 0 aliphatic carbocycles. The van der Waals surface area contributed by atoms with Crippen molar-refractivity contribution in [2.24, 2.45) is 0 Å². The van der Waals surface area contributed by atoms with E-state index in [-0.39, 0.29) is 24.7 Å². The molecule has 1 heterocycles. The van der Waals surface area contributed by atoms with Crippen LogP contribution in [0.2, 0.25) is 0 Å². The number of benzene rings is 2. The van der Waals surface area contributed by atoms with Gasteiger partial charge in [-0.1, -0.05) is 24.3 Å². The lowest BCUT2D eigenvalue weighted by Gasteiger charge is -2.15. The predicted octanol–water partition coefficient (Wildman–Crippen LogP) is 3.15. The summed E-state index contributed by atoms with van der Waals surface area (Å²) < 4.78 is 31.6. The summed E-state index contributed by atoms with van der Waals surface area (Å²) in [7, 11) is -3.42. The van der Waals surface area contributed by atoms with Crippen LogP contribution in [-0.4, -0.2) is 44.3 Å². The molecule has 7 nitrogen and oxygen atoms in total. The molecule has 8 heteroatoms. The van der Waals surface area contributed by atoms with Crippen LogP contribution in [0, 0.1) is 0 Å². The topological polar surface area (TPSA) is 92.8 Å². The summed E-state index contributed by atoms with van der Waals surface area (Å²) in [5, 5.41) is 2.83. The number of nitrogens with zero attached hydrogens (tertiary/aromatic N) is 1. The molecular weight excluding hydrogens is 416 g/mol. The Balaban J connectivity index is 1.49. The van der Waals surface area contributed by atoms with Gasteiger partial charge in [-0.15, -0.1) is 0 Å². The summed E-state index contributed by atoms with van der Waals surface area (Å²) in [6, 6.07) is 13.8. The molecule has 0 atom stereocenters. The molecule has 1 fully saturated rings. The van der Waals surface area contributed by atoms with Gasteiger partial charge >= 0.3 is 5.97 Å². The summed E-state index contributed by atoms with van der Waals surface area (Å²) in [6.45, 7) is 3.27. The number of hydrogen-bond donors (Lipinski definition) is 1. The minimum Gasteiger partial charge on any atom is -0.466 e. The number of anilines is 1. The minimum absolute atomic E-state index is 0.132. The third-order valence-corrected chi connectivity index (χ3v) is 7.07. The fourth-order valence-corrected chi connectivity index (χ4v) is 4.99.